The Morgan fingerprint density at radius 2 is 2.08 bits per heavy atom. The standard InChI is InChI=1S/C17H17FN6O/c1-10-13(15(20)16-17(21-10)24-25-23-16)8-12-6-5-11(9-19)14(22-12)4-2-3-7-18/h5-6H,2-4,7-8,20H2,1H3. The van der Waals surface area contributed by atoms with Crippen LogP contribution in [0.25, 0.3) is 11.2 Å². The SMILES string of the molecule is Cc1nc2nonc2c(N)c1Cc1ccc(C#N)c(CCCCF)n1. The molecule has 0 atom stereocenters. The van der Waals surface area contributed by atoms with Crippen LogP contribution >= 0.6 is 0 Å². The first-order valence-electron chi connectivity index (χ1n) is 7.96. The maximum atomic E-state index is 12.3. The molecule has 2 N–H and O–H groups in total. The van der Waals surface area contributed by atoms with Crippen LogP contribution in [0.15, 0.2) is 16.8 Å². The molecule has 0 spiro atoms. The van der Waals surface area contributed by atoms with E-state index in [1.165, 1.54) is 0 Å². The van der Waals surface area contributed by atoms with Crippen molar-refractivity contribution in [1.29, 1.82) is 5.26 Å². The fourth-order valence-corrected chi connectivity index (χ4v) is 2.72. The number of aryl methyl sites for hydroxylation is 2. The number of alkyl halides is 1. The zero-order valence-electron chi connectivity index (χ0n) is 13.8. The molecule has 0 saturated heterocycles. The summed E-state index contributed by atoms with van der Waals surface area (Å²) in [5.41, 5.74) is 10.9. The van der Waals surface area contributed by atoms with Gasteiger partial charge in [0.15, 0.2) is 5.52 Å². The van der Waals surface area contributed by atoms with Crippen molar-refractivity contribution >= 4 is 16.9 Å². The van der Waals surface area contributed by atoms with Gasteiger partial charge in [0.05, 0.1) is 23.6 Å². The van der Waals surface area contributed by atoms with Crippen LogP contribution in [0.2, 0.25) is 0 Å². The summed E-state index contributed by atoms with van der Waals surface area (Å²) in [5.74, 6) is 0. The van der Waals surface area contributed by atoms with Crippen molar-refractivity contribution in [2.75, 3.05) is 12.4 Å². The predicted molar refractivity (Wildman–Crippen MR) is 89.4 cm³/mol. The van der Waals surface area contributed by atoms with Gasteiger partial charge in [-0.15, -0.1) is 0 Å². The number of nitrogen functional groups attached to an aromatic ring is 1. The molecule has 3 rings (SSSR count). The number of hydrogen-bond acceptors (Lipinski definition) is 7. The van der Waals surface area contributed by atoms with Gasteiger partial charge in [0.1, 0.15) is 6.07 Å². The molecule has 0 saturated carbocycles. The van der Waals surface area contributed by atoms with E-state index in [9.17, 15) is 9.65 Å². The molecule has 3 heterocycles. The Balaban J connectivity index is 1.93. The van der Waals surface area contributed by atoms with Crippen LogP contribution in [-0.2, 0) is 12.8 Å². The molecule has 3 aromatic rings. The van der Waals surface area contributed by atoms with Gasteiger partial charge in [-0.2, -0.15) is 5.26 Å². The van der Waals surface area contributed by atoms with Crippen LogP contribution in [0, 0.1) is 18.3 Å². The Bertz CT molecular complexity index is 946. The molecule has 0 aliphatic carbocycles. The molecule has 8 heteroatoms. The van der Waals surface area contributed by atoms with Crippen LogP contribution in [-0.4, -0.2) is 27.0 Å². The number of nitrogens with two attached hydrogens (primary N) is 1. The first kappa shape index (κ1) is 16.8. The number of nitrogens with zero attached hydrogens (tertiary/aromatic N) is 5. The summed E-state index contributed by atoms with van der Waals surface area (Å²) in [6.45, 7) is 1.47. The van der Waals surface area contributed by atoms with E-state index >= 15 is 0 Å². The van der Waals surface area contributed by atoms with E-state index in [1.54, 1.807) is 12.1 Å². The normalized spacial score (nSPS) is 10.9. The van der Waals surface area contributed by atoms with E-state index in [2.05, 4.69) is 31.0 Å². The molecule has 0 aromatic carbocycles. The van der Waals surface area contributed by atoms with Gasteiger partial charge in [0.25, 0.3) is 0 Å². The minimum atomic E-state index is -0.366. The maximum Gasteiger partial charge on any atom is 0.226 e. The summed E-state index contributed by atoms with van der Waals surface area (Å²) < 4.78 is 17.0. The van der Waals surface area contributed by atoms with Crippen molar-refractivity contribution in [3.8, 4) is 6.07 Å². The van der Waals surface area contributed by atoms with Crippen LogP contribution in [0.4, 0.5) is 10.1 Å². The number of anilines is 1. The molecule has 7 nitrogen and oxygen atoms in total. The Morgan fingerprint density at radius 3 is 2.84 bits per heavy atom. The molecule has 0 unspecified atom stereocenters. The van der Waals surface area contributed by atoms with E-state index in [0.717, 1.165) is 17.0 Å². The minimum Gasteiger partial charge on any atom is -0.396 e. The number of unbranched alkanes of at least 4 members (excludes halogenated alkanes) is 1. The smallest absolute Gasteiger partial charge is 0.226 e. The van der Waals surface area contributed by atoms with Gasteiger partial charge in [-0.25, -0.2) is 9.61 Å². The molecule has 0 aliphatic heterocycles. The lowest BCUT2D eigenvalue weighted by Gasteiger charge is -2.10. The summed E-state index contributed by atoms with van der Waals surface area (Å²) in [7, 11) is 0. The Labute approximate surface area is 143 Å². The summed E-state index contributed by atoms with van der Waals surface area (Å²) in [6, 6.07) is 5.66. The lowest BCUT2D eigenvalue weighted by molar-refractivity contribution is 0.315. The van der Waals surface area contributed by atoms with Crippen molar-refractivity contribution < 1.29 is 9.02 Å². The average Bonchev–Trinajstić information content (AvgIpc) is 3.07. The topological polar surface area (TPSA) is 115 Å². The van der Waals surface area contributed by atoms with E-state index in [0.29, 0.717) is 53.8 Å². The second-order valence-electron chi connectivity index (χ2n) is 5.76. The number of fused-ring (bicyclic) bond motifs is 1. The Kier molecular flexibility index (Phi) is 4.84. The molecule has 0 radical (unpaired) electrons. The Morgan fingerprint density at radius 1 is 1.24 bits per heavy atom. The quantitative estimate of drug-likeness (QED) is 0.686. The van der Waals surface area contributed by atoms with Crippen molar-refractivity contribution in [2.24, 2.45) is 0 Å². The minimum absolute atomic E-state index is 0.366. The highest BCUT2D eigenvalue weighted by Gasteiger charge is 2.16. The van der Waals surface area contributed by atoms with Crippen molar-refractivity contribution in [2.45, 2.75) is 32.6 Å². The van der Waals surface area contributed by atoms with E-state index < -0.39 is 0 Å². The highest BCUT2D eigenvalue weighted by Crippen LogP contribution is 2.25. The molecule has 25 heavy (non-hydrogen) atoms. The zero-order valence-corrected chi connectivity index (χ0v) is 13.8. The van der Waals surface area contributed by atoms with E-state index in [4.69, 9.17) is 5.73 Å². The zero-order chi connectivity index (χ0) is 17.8. The highest BCUT2D eigenvalue weighted by molar-refractivity contribution is 5.85. The third-order valence-electron chi connectivity index (χ3n) is 4.07. The third kappa shape index (κ3) is 3.40. The van der Waals surface area contributed by atoms with Crippen molar-refractivity contribution in [1.82, 2.24) is 20.3 Å². The number of rotatable bonds is 6. The second-order valence-corrected chi connectivity index (χ2v) is 5.76. The monoisotopic (exact) mass is 340 g/mol. The predicted octanol–water partition coefficient (Wildman–Crippen LogP) is 2.66. The Hall–Kier alpha value is -3.08. The molecule has 3 aromatic heterocycles. The van der Waals surface area contributed by atoms with Crippen molar-refractivity contribution in [3.63, 3.8) is 0 Å². The summed E-state index contributed by atoms with van der Waals surface area (Å²) >= 11 is 0. The molecule has 0 bridgehead atoms. The first-order valence-corrected chi connectivity index (χ1v) is 7.96. The van der Waals surface area contributed by atoms with Gasteiger partial charge in [-0.3, -0.25) is 9.37 Å². The molecule has 0 aliphatic rings. The summed E-state index contributed by atoms with van der Waals surface area (Å²) in [4.78, 5) is 8.91. The summed E-state index contributed by atoms with van der Waals surface area (Å²) in [6.07, 6.45) is 2.14. The van der Waals surface area contributed by atoms with Crippen LogP contribution in [0.1, 0.15) is 41.1 Å². The number of aromatic nitrogens is 4. The second kappa shape index (κ2) is 7.21. The summed E-state index contributed by atoms with van der Waals surface area (Å²) in [5, 5.41) is 16.7. The van der Waals surface area contributed by atoms with Gasteiger partial charge < -0.3 is 5.73 Å². The largest absolute Gasteiger partial charge is 0.396 e. The van der Waals surface area contributed by atoms with Gasteiger partial charge in [-0.1, -0.05) is 0 Å². The first-order chi connectivity index (χ1) is 12.1. The maximum absolute atomic E-state index is 12.3. The molecular weight excluding hydrogens is 323 g/mol. The fraction of sp³-hybridized carbons (Fsp3) is 0.353. The van der Waals surface area contributed by atoms with Gasteiger partial charge in [0, 0.05) is 23.4 Å². The average molecular weight is 340 g/mol. The number of nitriles is 1. The molecule has 0 amide bonds. The fourth-order valence-electron chi connectivity index (χ4n) is 2.72. The third-order valence-corrected chi connectivity index (χ3v) is 4.07. The number of pyridine rings is 2. The van der Waals surface area contributed by atoms with Gasteiger partial charge in [0.2, 0.25) is 5.65 Å². The van der Waals surface area contributed by atoms with Crippen LogP contribution < -0.4 is 5.73 Å². The number of halogens is 1. The van der Waals surface area contributed by atoms with E-state index in [-0.39, 0.29) is 6.67 Å². The lowest BCUT2D eigenvalue weighted by Crippen LogP contribution is -2.06. The molecular formula is C17H17FN6O. The van der Waals surface area contributed by atoms with Crippen LogP contribution in [0.5, 0.6) is 0 Å². The molecule has 128 valence electrons. The van der Waals surface area contributed by atoms with Crippen molar-refractivity contribution in [3.05, 3.63) is 40.3 Å². The van der Waals surface area contributed by atoms with Gasteiger partial charge >= 0.3 is 0 Å². The molecule has 0 fully saturated rings. The highest BCUT2D eigenvalue weighted by atomic mass is 19.1. The lowest BCUT2D eigenvalue weighted by atomic mass is 10.0. The van der Waals surface area contributed by atoms with Crippen LogP contribution in [0.3, 0.4) is 0 Å². The van der Waals surface area contributed by atoms with Gasteiger partial charge in [-0.05, 0) is 48.6 Å². The van der Waals surface area contributed by atoms with E-state index in [1.807, 2.05) is 6.92 Å². The number of hydrogen-bond donors (Lipinski definition) is 1.